The Labute approximate surface area is 202 Å². The van der Waals surface area contributed by atoms with Crippen LogP contribution in [-0.4, -0.2) is 78.8 Å². The van der Waals surface area contributed by atoms with Gasteiger partial charge in [-0.15, -0.1) is 5.10 Å². The van der Waals surface area contributed by atoms with E-state index < -0.39 is 23.1 Å². The molecule has 4 amide bonds. The van der Waals surface area contributed by atoms with E-state index in [0.29, 0.717) is 30.8 Å². The fourth-order valence-electron chi connectivity index (χ4n) is 4.77. The molecule has 0 aliphatic carbocycles. The Morgan fingerprint density at radius 1 is 1.17 bits per heavy atom. The Morgan fingerprint density at radius 2 is 1.94 bits per heavy atom. The number of nitrogens with one attached hydrogen (secondary N) is 1. The van der Waals surface area contributed by atoms with Gasteiger partial charge in [-0.2, -0.15) is 0 Å². The Kier molecular flexibility index (Phi) is 5.28. The molecule has 11 nitrogen and oxygen atoms in total. The second kappa shape index (κ2) is 7.98. The molecule has 1 atom stereocenters. The standard InChI is InChI=1S/C24H28N6O5/c1-23(2)13-35-24(3,4)12-29(23)22(34)17-11-30(27-26-17)15-5-6-16-14(9-15)10-28(21(16)33)18-7-8-19(31)25-20(18)32/h5-6,9,11,18H,7-8,10,12-13H2,1-4H3,(H,25,31,32). The summed E-state index contributed by atoms with van der Waals surface area (Å²) in [7, 11) is 0. The molecule has 2 fully saturated rings. The molecule has 3 aliphatic rings. The largest absolute Gasteiger partial charge is 0.371 e. The molecule has 3 aliphatic heterocycles. The molecule has 0 bridgehead atoms. The lowest BCUT2D eigenvalue weighted by molar-refractivity contribution is -0.136. The zero-order valence-electron chi connectivity index (χ0n) is 20.2. The minimum absolute atomic E-state index is 0.203. The van der Waals surface area contributed by atoms with Crippen LogP contribution in [0, 0.1) is 0 Å². The third kappa shape index (κ3) is 4.09. The van der Waals surface area contributed by atoms with Crippen molar-refractivity contribution in [3.63, 3.8) is 0 Å². The average Bonchev–Trinajstić information content (AvgIpc) is 3.40. The first-order chi connectivity index (χ1) is 16.4. The van der Waals surface area contributed by atoms with E-state index in [1.165, 1.54) is 9.58 Å². The van der Waals surface area contributed by atoms with E-state index in [2.05, 4.69) is 15.6 Å². The summed E-state index contributed by atoms with van der Waals surface area (Å²) in [4.78, 5) is 53.2. The topological polar surface area (TPSA) is 127 Å². The van der Waals surface area contributed by atoms with Crippen LogP contribution in [-0.2, 0) is 20.9 Å². The molecular formula is C24H28N6O5. The number of amides is 4. The smallest absolute Gasteiger partial charge is 0.276 e. The number of nitrogens with zero attached hydrogens (tertiary/aromatic N) is 5. The van der Waals surface area contributed by atoms with Crippen LogP contribution < -0.4 is 5.32 Å². The second-order valence-corrected chi connectivity index (χ2v) is 10.5. The van der Waals surface area contributed by atoms with Gasteiger partial charge in [0, 0.05) is 18.5 Å². The average molecular weight is 481 g/mol. The van der Waals surface area contributed by atoms with Gasteiger partial charge in [-0.05, 0) is 57.9 Å². The highest BCUT2D eigenvalue weighted by atomic mass is 16.5. The van der Waals surface area contributed by atoms with Crippen LogP contribution >= 0.6 is 0 Å². The van der Waals surface area contributed by atoms with Gasteiger partial charge in [0.2, 0.25) is 11.8 Å². The number of benzene rings is 1. The Bertz CT molecular complexity index is 1250. The number of carbonyl (C=O) groups excluding carboxylic acids is 4. The van der Waals surface area contributed by atoms with Crippen LogP contribution in [0.3, 0.4) is 0 Å². The van der Waals surface area contributed by atoms with Gasteiger partial charge >= 0.3 is 0 Å². The zero-order valence-corrected chi connectivity index (χ0v) is 20.2. The molecule has 0 spiro atoms. The molecule has 0 saturated carbocycles. The molecule has 1 unspecified atom stereocenters. The quantitative estimate of drug-likeness (QED) is 0.651. The van der Waals surface area contributed by atoms with Crippen LogP contribution in [0.5, 0.6) is 0 Å². The Balaban J connectivity index is 1.36. The van der Waals surface area contributed by atoms with Crippen molar-refractivity contribution in [1.82, 2.24) is 30.1 Å². The lowest BCUT2D eigenvalue weighted by atomic mass is 9.95. The molecule has 1 aromatic carbocycles. The van der Waals surface area contributed by atoms with Crippen molar-refractivity contribution in [2.45, 2.75) is 64.3 Å². The second-order valence-electron chi connectivity index (χ2n) is 10.5. The third-order valence-corrected chi connectivity index (χ3v) is 6.82. The summed E-state index contributed by atoms with van der Waals surface area (Å²) in [5.41, 5.74) is 1.18. The van der Waals surface area contributed by atoms with Crippen molar-refractivity contribution in [1.29, 1.82) is 0 Å². The molecular weight excluding hydrogens is 452 g/mol. The highest BCUT2D eigenvalue weighted by Crippen LogP contribution is 2.30. The third-order valence-electron chi connectivity index (χ3n) is 6.82. The molecule has 0 radical (unpaired) electrons. The van der Waals surface area contributed by atoms with Gasteiger partial charge in [0.05, 0.1) is 36.2 Å². The minimum atomic E-state index is -0.673. The molecule has 184 valence electrons. The van der Waals surface area contributed by atoms with E-state index in [9.17, 15) is 19.2 Å². The molecule has 5 rings (SSSR count). The van der Waals surface area contributed by atoms with Crippen LogP contribution in [0.25, 0.3) is 5.69 Å². The zero-order chi connectivity index (χ0) is 25.1. The molecule has 35 heavy (non-hydrogen) atoms. The van der Waals surface area contributed by atoms with Crippen LogP contribution in [0.4, 0.5) is 0 Å². The lowest BCUT2D eigenvalue weighted by Crippen LogP contribution is -2.61. The summed E-state index contributed by atoms with van der Waals surface area (Å²) in [5.74, 6) is -1.24. The van der Waals surface area contributed by atoms with Crippen molar-refractivity contribution in [3.05, 3.63) is 41.2 Å². The van der Waals surface area contributed by atoms with Gasteiger partial charge in [0.1, 0.15) is 6.04 Å². The number of hydrogen-bond acceptors (Lipinski definition) is 7. The predicted octanol–water partition coefficient (Wildman–Crippen LogP) is 1.06. The maximum Gasteiger partial charge on any atom is 0.276 e. The lowest BCUT2D eigenvalue weighted by Gasteiger charge is -2.48. The van der Waals surface area contributed by atoms with Crippen LogP contribution in [0.2, 0.25) is 0 Å². The SMILES string of the molecule is CC1(C)CN(C(=O)c2cn(-c3ccc4c(c3)CN(C3CCC(=O)NC3=O)C4=O)nn2)C(C)(C)CO1. The number of ether oxygens (including phenoxy) is 1. The predicted molar refractivity (Wildman–Crippen MR) is 123 cm³/mol. The number of hydrogen-bond donors (Lipinski definition) is 1. The van der Waals surface area contributed by atoms with Crippen LogP contribution in [0.15, 0.2) is 24.4 Å². The first kappa shape index (κ1) is 23.2. The van der Waals surface area contributed by atoms with Crippen molar-refractivity contribution in [3.8, 4) is 5.69 Å². The first-order valence-electron chi connectivity index (χ1n) is 11.6. The number of imide groups is 1. The monoisotopic (exact) mass is 480 g/mol. The van der Waals surface area contributed by atoms with E-state index in [-0.39, 0.29) is 36.4 Å². The molecule has 1 N–H and O–H groups in total. The van der Waals surface area contributed by atoms with Crippen molar-refractivity contribution >= 4 is 23.6 Å². The summed E-state index contributed by atoms with van der Waals surface area (Å²) in [6.07, 6.45) is 2.09. The van der Waals surface area contributed by atoms with Crippen LogP contribution in [0.1, 0.15) is 66.9 Å². The van der Waals surface area contributed by atoms with E-state index in [1.54, 1.807) is 23.2 Å². The highest BCUT2D eigenvalue weighted by molar-refractivity contribution is 6.05. The number of aromatic nitrogens is 3. The highest BCUT2D eigenvalue weighted by Gasteiger charge is 2.43. The summed E-state index contributed by atoms with van der Waals surface area (Å²) in [5, 5.41) is 10.6. The van der Waals surface area contributed by atoms with Gasteiger partial charge in [-0.1, -0.05) is 5.21 Å². The van der Waals surface area contributed by atoms with E-state index in [4.69, 9.17) is 4.74 Å². The van der Waals surface area contributed by atoms with Gasteiger partial charge in [-0.25, -0.2) is 4.68 Å². The van der Waals surface area contributed by atoms with Gasteiger partial charge in [0.15, 0.2) is 5.69 Å². The van der Waals surface area contributed by atoms with Gasteiger partial charge in [-0.3, -0.25) is 24.5 Å². The van der Waals surface area contributed by atoms with Gasteiger partial charge < -0.3 is 14.5 Å². The molecule has 4 heterocycles. The summed E-state index contributed by atoms with van der Waals surface area (Å²) in [6, 6.07) is 4.56. The van der Waals surface area contributed by atoms with Crippen molar-refractivity contribution in [2.24, 2.45) is 0 Å². The Morgan fingerprint density at radius 3 is 2.69 bits per heavy atom. The summed E-state index contributed by atoms with van der Waals surface area (Å²) < 4.78 is 7.38. The van der Waals surface area contributed by atoms with E-state index in [1.807, 2.05) is 33.8 Å². The van der Waals surface area contributed by atoms with Crippen molar-refractivity contribution < 1.29 is 23.9 Å². The molecule has 1 aromatic heterocycles. The minimum Gasteiger partial charge on any atom is -0.371 e. The summed E-state index contributed by atoms with van der Waals surface area (Å²) >= 11 is 0. The normalized spacial score (nSPS) is 23.3. The van der Waals surface area contributed by atoms with E-state index in [0.717, 1.165) is 5.56 Å². The molecule has 11 heteroatoms. The number of carbonyl (C=O) groups is 4. The number of piperidine rings is 1. The molecule has 2 saturated heterocycles. The maximum absolute atomic E-state index is 13.3. The fourth-order valence-corrected chi connectivity index (χ4v) is 4.77. The number of rotatable bonds is 3. The molecule has 2 aromatic rings. The number of morpholine rings is 1. The van der Waals surface area contributed by atoms with E-state index >= 15 is 0 Å². The fraction of sp³-hybridized carbons (Fsp3) is 0.500. The maximum atomic E-state index is 13.3. The number of fused-ring (bicyclic) bond motifs is 1. The Hall–Kier alpha value is -3.60. The summed E-state index contributed by atoms with van der Waals surface area (Å²) in [6.45, 7) is 8.91. The first-order valence-corrected chi connectivity index (χ1v) is 11.6. The van der Waals surface area contributed by atoms with Crippen molar-refractivity contribution in [2.75, 3.05) is 13.2 Å². The van der Waals surface area contributed by atoms with Gasteiger partial charge in [0.25, 0.3) is 11.8 Å².